The van der Waals surface area contributed by atoms with Gasteiger partial charge in [0.25, 0.3) is 0 Å². The summed E-state index contributed by atoms with van der Waals surface area (Å²) in [6, 6.07) is -0.414. The zero-order valence-corrected chi connectivity index (χ0v) is 15.2. The maximum atomic E-state index is 12.1. The first-order valence-corrected chi connectivity index (χ1v) is 10.8. The molecule has 0 aromatic carbocycles. The van der Waals surface area contributed by atoms with Crippen molar-refractivity contribution in [3.05, 3.63) is 0 Å². The molecule has 1 unspecified atom stereocenters. The van der Waals surface area contributed by atoms with Crippen LogP contribution in [-0.4, -0.2) is 61.9 Å². The molecule has 8 heteroatoms. The molecule has 0 aromatic rings. The van der Waals surface area contributed by atoms with Crippen LogP contribution in [0.2, 0.25) is 0 Å². The molecule has 2 N–H and O–H groups in total. The molecule has 0 bridgehead atoms. The molecule has 3 amide bonds. The van der Waals surface area contributed by atoms with Crippen LogP contribution in [0, 0.1) is 0 Å². The highest BCUT2D eigenvalue weighted by Gasteiger charge is 2.32. The average molecular weight is 359 g/mol. The van der Waals surface area contributed by atoms with Crippen molar-refractivity contribution in [1.82, 2.24) is 15.5 Å². The lowest BCUT2D eigenvalue weighted by Gasteiger charge is -2.27. The fraction of sp³-hybridized carbons (Fsp3) is 0.875. The molecule has 0 aromatic heterocycles. The number of hydrogen-bond acceptors (Lipinski definition) is 5. The van der Waals surface area contributed by atoms with E-state index in [1.165, 1.54) is 6.42 Å². The number of nitrogens with zero attached hydrogens (tertiary/aromatic N) is 1. The van der Waals surface area contributed by atoms with Gasteiger partial charge >= 0.3 is 6.03 Å². The molecule has 1 saturated carbocycles. The molecule has 0 spiro atoms. The number of rotatable bonds is 6. The van der Waals surface area contributed by atoms with E-state index in [0.29, 0.717) is 13.0 Å². The topological polar surface area (TPSA) is 95.6 Å². The third kappa shape index (κ3) is 6.05. The molecule has 1 heterocycles. The molecular formula is C16H29N3O4S. The van der Waals surface area contributed by atoms with E-state index in [9.17, 15) is 18.0 Å². The zero-order chi connectivity index (χ0) is 17.6. The van der Waals surface area contributed by atoms with Crippen molar-refractivity contribution in [1.29, 1.82) is 0 Å². The first-order chi connectivity index (χ1) is 11.4. The largest absolute Gasteiger partial charge is 0.335 e. The summed E-state index contributed by atoms with van der Waals surface area (Å²) in [4.78, 5) is 25.9. The van der Waals surface area contributed by atoms with Gasteiger partial charge in [0, 0.05) is 12.1 Å². The summed E-state index contributed by atoms with van der Waals surface area (Å²) < 4.78 is 23.3. The standard InChI is InChI=1S/C16H29N3O4S/c1-2-9-19(14-8-10-24(22,23)12-14)11-15(20)18-16(21)17-13-6-4-3-5-7-13/h13-14H,2-12H2,1H3,(H2,17,18,20,21). The van der Waals surface area contributed by atoms with Gasteiger partial charge in [-0.25, -0.2) is 13.2 Å². The summed E-state index contributed by atoms with van der Waals surface area (Å²) in [7, 11) is -2.99. The van der Waals surface area contributed by atoms with E-state index >= 15 is 0 Å². The van der Waals surface area contributed by atoms with Crippen LogP contribution in [0.3, 0.4) is 0 Å². The SMILES string of the molecule is CCCN(CC(=O)NC(=O)NC1CCCCC1)C1CCS(=O)(=O)C1. The van der Waals surface area contributed by atoms with E-state index in [-0.39, 0.29) is 36.0 Å². The maximum absolute atomic E-state index is 12.1. The fourth-order valence-corrected chi connectivity index (χ4v) is 5.32. The van der Waals surface area contributed by atoms with Crippen LogP contribution < -0.4 is 10.6 Å². The predicted octanol–water partition coefficient (Wildman–Crippen LogP) is 1.04. The highest BCUT2D eigenvalue weighted by molar-refractivity contribution is 7.91. The minimum Gasteiger partial charge on any atom is -0.335 e. The van der Waals surface area contributed by atoms with Gasteiger partial charge in [-0.05, 0) is 32.2 Å². The van der Waals surface area contributed by atoms with Gasteiger partial charge in [0.1, 0.15) is 0 Å². The van der Waals surface area contributed by atoms with Crippen molar-refractivity contribution >= 4 is 21.8 Å². The van der Waals surface area contributed by atoms with Crippen molar-refractivity contribution in [3.8, 4) is 0 Å². The molecule has 7 nitrogen and oxygen atoms in total. The Morgan fingerprint density at radius 1 is 1.12 bits per heavy atom. The van der Waals surface area contributed by atoms with E-state index in [1.54, 1.807) is 0 Å². The summed E-state index contributed by atoms with van der Waals surface area (Å²) in [5.74, 6) is -0.0861. The van der Waals surface area contributed by atoms with Gasteiger partial charge in [0.05, 0.1) is 18.1 Å². The highest BCUT2D eigenvalue weighted by Crippen LogP contribution is 2.18. The van der Waals surface area contributed by atoms with Crippen LogP contribution in [0.25, 0.3) is 0 Å². The second-order valence-corrected chi connectivity index (χ2v) is 9.11. The Hall–Kier alpha value is -1.15. The van der Waals surface area contributed by atoms with E-state index in [4.69, 9.17) is 0 Å². The number of sulfone groups is 1. The van der Waals surface area contributed by atoms with E-state index in [2.05, 4.69) is 10.6 Å². The fourth-order valence-electron chi connectivity index (χ4n) is 3.56. The minimum atomic E-state index is -2.99. The number of urea groups is 1. The van der Waals surface area contributed by atoms with Crippen LogP contribution in [0.5, 0.6) is 0 Å². The number of hydrogen-bond donors (Lipinski definition) is 2. The average Bonchev–Trinajstić information content (AvgIpc) is 2.87. The molecule has 1 saturated heterocycles. The Kier molecular flexibility index (Phi) is 7.03. The Morgan fingerprint density at radius 3 is 2.42 bits per heavy atom. The number of carbonyl (C=O) groups is 2. The van der Waals surface area contributed by atoms with Crippen molar-refractivity contribution in [2.75, 3.05) is 24.6 Å². The number of amides is 3. The Bertz CT molecular complexity index is 544. The summed E-state index contributed by atoms with van der Waals surface area (Å²) >= 11 is 0. The molecule has 1 aliphatic heterocycles. The molecule has 0 radical (unpaired) electrons. The third-order valence-electron chi connectivity index (χ3n) is 4.78. The quantitative estimate of drug-likeness (QED) is 0.739. The van der Waals surface area contributed by atoms with Crippen LogP contribution >= 0.6 is 0 Å². The predicted molar refractivity (Wildman–Crippen MR) is 92.5 cm³/mol. The lowest BCUT2D eigenvalue weighted by molar-refractivity contribution is -0.121. The lowest BCUT2D eigenvalue weighted by Crippen LogP contribution is -2.49. The molecule has 2 aliphatic rings. The van der Waals surface area contributed by atoms with E-state index < -0.39 is 15.9 Å². The number of imide groups is 1. The van der Waals surface area contributed by atoms with E-state index in [1.807, 2.05) is 11.8 Å². The normalized spacial score (nSPS) is 24.0. The second kappa shape index (κ2) is 8.80. The lowest BCUT2D eigenvalue weighted by atomic mass is 9.96. The van der Waals surface area contributed by atoms with Crippen molar-refractivity contribution in [3.63, 3.8) is 0 Å². The van der Waals surface area contributed by atoms with Crippen LogP contribution in [0.4, 0.5) is 4.79 Å². The van der Waals surface area contributed by atoms with Crippen LogP contribution in [0.1, 0.15) is 51.9 Å². The Balaban J connectivity index is 1.80. The smallest absolute Gasteiger partial charge is 0.321 e. The molecule has 1 atom stereocenters. The van der Waals surface area contributed by atoms with Gasteiger partial charge < -0.3 is 5.32 Å². The Labute approximate surface area is 144 Å². The summed E-state index contributed by atoms with van der Waals surface area (Å²) in [6.07, 6.45) is 6.74. The van der Waals surface area contributed by atoms with Crippen molar-refractivity contribution < 1.29 is 18.0 Å². The number of carbonyl (C=O) groups excluding carboxylic acids is 2. The molecule has 138 valence electrons. The molecule has 2 rings (SSSR count). The van der Waals surface area contributed by atoms with E-state index in [0.717, 1.165) is 32.1 Å². The summed E-state index contributed by atoms with van der Waals surface area (Å²) in [6.45, 7) is 2.70. The van der Waals surface area contributed by atoms with Crippen molar-refractivity contribution in [2.45, 2.75) is 64.0 Å². The summed E-state index contributed by atoms with van der Waals surface area (Å²) in [5.41, 5.74) is 0. The molecule has 1 aliphatic carbocycles. The maximum Gasteiger partial charge on any atom is 0.321 e. The number of nitrogens with one attached hydrogen (secondary N) is 2. The molecule has 24 heavy (non-hydrogen) atoms. The van der Waals surface area contributed by atoms with Gasteiger partial charge in [0.2, 0.25) is 5.91 Å². The Morgan fingerprint density at radius 2 is 1.83 bits per heavy atom. The zero-order valence-electron chi connectivity index (χ0n) is 14.4. The minimum absolute atomic E-state index is 0.0616. The highest BCUT2D eigenvalue weighted by atomic mass is 32.2. The van der Waals surface area contributed by atoms with Gasteiger partial charge in [-0.3, -0.25) is 15.0 Å². The van der Waals surface area contributed by atoms with Crippen LogP contribution in [0.15, 0.2) is 0 Å². The first kappa shape index (κ1) is 19.2. The van der Waals surface area contributed by atoms with Gasteiger partial charge in [-0.15, -0.1) is 0 Å². The van der Waals surface area contributed by atoms with Gasteiger partial charge in [-0.2, -0.15) is 0 Å². The first-order valence-electron chi connectivity index (χ1n) is 8.94. The third-order valence-corrected chi connectivity index (χ3v) is 6.53. The van der Waals surface area contributed by atoms with Gasteiger partial charge in [-0.1, -0.05) is 26.2 Å². The van der Waals surface area contributed by atoms with Gasteiger partial charge in [0.15, 0.2) is 9.84 Å². The molecular weight excluding hydrogens is 330 g/mol. The summed E-state index contributed by atoms with van der Waals surface area (Å²) in [5, 5.41) is 5.23. The molecule has 2 fully saturated rings. The second-order valence-electron chi connectivity index (χ2n) is 6.88. The van der Waals surface area contributed by atoms with Crippen LogP contribution in [-0.2, 0) is 14.6 Å². The monoisotopic (exact) mass is 359 g/mol. The van der Waals surface area contributed by atoms with Crippen molar-refractivity contribution in [2.24, 2.45) is 0 Å².